The Hall–Kier alpha value is -2.48. The molecule has 4 atom stereocenters. The summed E-state index contributed by atoms with van der Waals surface area (Å²) in [5, 5.41) is 31.0. The minimum absolute atomic E-state index is 0.0110. The highest BCUT2D eigenvalue weighted by Gasteiger charge is 2.42. The van der Waals surface area contributed by atoms with Crippen LogP contribution in [0.25, 0.3) is 0 Å². The predicted molar refractivity (Wildman–Crippen MR) is 90.7 cm³/mol. The first-order chi connectivity index (χ1) is 12.6. The molecule has 1 saturated heterocycles. The number of methoxy groups -OCH3 is 1. The number of aliphatic hydroxyl groups is 2. The quantitative estimate of drug-likeness (QED) is 0.763. The number of hydrogen-bond acceptors (Lipinski definition) is 7. The van der Waals surface area contributed by atoms with Crippen molar-refractivity contribution in [2.45, 2.75) is 24.2 Å². The van der Waals surface area contributed by atoms with Gasteiger partial charge in [-0.15, -0.1) is 0 Å². The molecule has 0 spiro atoms. The summed E-state index contributed by atoms with van der Waals surface area (Å²) in [6, 6.07) is 10.1. The topological polar surface area (TPSA) is 97.6 Å². The summed E-state index contributed by atoms with van der Waals surface area (Å²) < 4.78 is 21.5. The van der Waals surface area contributed by atoms with E-state index in [9.17, 15) is 15.3 Å². The molecule has 1 fully saturated rings. The van der Waals surface area contributed by atoms with E-state index in [0.29, 0.717) is 17.1 Å². The number of aliphatic hydroxyl groups excluding tert-OH is 2. The van der Waals surface area contributed by atoms with Gasteiger partial charge < -0.3 is 34.3 Å². The highest BCUT2D eigenvalue weighted by molar-refractivity contribution is 5.47. The molecule has 138 valence electrons. The summed E-state index contributed by atoms with van der Waals surface area (Å²) in [6.45, 7) is 0.290. The van der Waals surface area contributed by atoms with Crippen LogP contribution < -0.4 is 14.2 Å². The van der Waals surface area contributed by atoms with E-state index >= 15 is 0 Å². The van der Waals surface area contributed by atoms with Crippen LogP contribution in [0.5, 0.6) is 23.0 Å². The molecule has 0 saturated carbocycles. The lowest BCUT2D eigenvalue weighted by Gasteiger charge is -2.26. The maximum absolute atomic E-state index is 10.8. The third-order valence-corrected chi connectivity index (χ3v) is 4.87. The molecule has 0 aromatic heterocycles. The second kappa shape index (κ2) is 6.68. The minimum Gasteiger partial charge on any atom is -0.504 e. The van der Waals surface area contributed by atoms with Crippen molar-refractivity contribution in [1.82, 2.24) is 0 Å². The Morgan fingerprint density at radius 2 is 1.92 bits per heavy atom. The number of phenolic OH excluding ortho intramolecular Hbond substituents is 1. The van der Waals surface area contributed by atoms with Crippen LogP contribution in [0.1, 0.15) is 23.1 Å². The van der Waals surface area contributed by atoms with Gasteiger partial charge in [0, 0.05) is 5.92 Å². The van der Waals surface area contributed by atoms with Gasteiger partial charge in [-0.05, 0) is 35.4 Å². The highest BCUT2D eigenvalue weighted by atomic mass is 16.7. The molecule has 0 bridgehead atoms. The van der Waals surface area contributed by atoms with Crippen molar-refractivity contribution >= 4 is 0 Å². The Labute approximate surface area is 150 Å². The number of hydrogen-bond donors (Lipinski definition) is 3. The van der Waals surface area contributed by atoms with Crippen molar-refractivity contribution in [2.24, 2.45) is 0 Å². The summed E-state index contributed by atoms with van der Waals surface area (Å²) in [6.07, 6.45) is -2.41. The zero-order valence-corrected chi connectivity index (χ0v) is 14.2. The standard InChI is InChI=1S/C19H20O7/c1-23-15-7-11(2-4-12(15)20)18(22)19-17(13(21)8-24-19)10-3-5-14-16(6-10)26-9-25-14/h2-7,13,17-22H,8-9H2,1H3/t13-,17-,18-,19+/m1/s1. The van der Waals surface area contributed by atoms with Crippen LogP contribution >= 0.6 is 0 Å². The van der Waals surface area contributed by atoms with E-state index in [-0.39, 0.29) is 24.9 Å². The van der Waals surface area contributed by atoms with Crippen LogP contribution in [-0.2, 0) is 4.74 Å². The van der Waals surface area contributed by atoms with Crippen molar-refractivity contribution in [3.63, 3.8) is 0 Å². The van der Waals surface area contributed by atoms with Gasteiger partial charge in [-0.25, -0.2) is 0 Å². The van der Waals surface area contributed by atoms with E-state index in [4.69, 9.17) is 18.9 Å². The molecule has 2 aliphatic rings. The molecule has 2 aliphatic heterocycles. The predicted octanol–water partition coefficient (Wildman–Crippen LogP) is 1.71. The fourth-order valence-corrected chi connectivity index (χ4v) is 3.52. The summed E-state index contributed by atoms with van der Waals surface area (Å²) in [5.74, 6) is 1.09. The molecule has 7 heteroatoms. The fraction of sp³-hybridized carbons (Fsp3) is 0.368. The molecule has 2 aromatic carbocycles. The van der Waals surface area contributed by atoms with Gasteiger partial charge in [-0.2, -0.15) is 0 Å². The molecule has 7 nitrogen and oxygen atoms in total. The summed E-state index contributed by atoms with van der Waals surface area (Å²) in [5.41, 5.74) is 1.33. The van der Waals surface area contributed by atoms with E-state index in [1.165, 1.54) is 13.2 Å². The van der Waals surface area contributed by atoms with E-state index in [0.717, 1.165) is 5.56 Å². The number of ether oxygens (including phenoxy) is 4. The van der Waals surface area contributed by atoms with E-state index in [1.807, 2.05) is 12.1 Å². The van der Waals surface area contributed by atoms with Gasteiger partial charge in [0.15, 0.2) is 23.0 Å². The second-order valence-electron chi connectivity index (χ2n) is 6.38. The summed E-state index contributed by atoms with van der Waals surface area (Å²) in [4.78, 5) is 0. The number of aromatic hydroxyl groups is 1. The van der Waals surface area contributed by atoms with Gasteiger partial charge in [-0.3, -0.25) is 0 Å². The van der Waals surface area contributed by atoms with Crippen molar-refractivity contribution in [3.05, 3.63) is 47.5 Å². The first-order valence-corrected chi connectivity index (χ1v) is 8.32. The molecule has 0 aliphatic carbocycles. The number of phenols is 1. The number of rotatable bonds is 4. The third kappa shape index (κ3) is 2.84. The fourth-order valence-electron chi connectivity index (χ4n) is 3.52. The van der Waals surface area contributed by atoms with Gasteiger partial charge in [0.1, 0.15) is 6.10 Å². The lowest BCUT2D eigenvalue weighted by molar-refractivity contribution is -0.0101. The molecule has 3 N–H and O–H groups in total. The summed E-state index contributed by atoms with van der Waals surface area (Å²) >= 11 is 0. The zero-order valence-electron chi connectivity index (χ0n) is 14.2. The lowest BCUT2D eigenvalue weighted by atomic mass is 9.85. The summed E-state index contributed by atoms with van der Waals surface area (Å²) in [7, 11) is 1.44. The molecule has 0 amide bonds. The SMILES string of the molecule is COc1cc([C@@H](O)[C@H]2OC[C@@H](O)[C@H]2c2ccc3c(c2)OCO3)ccc1O. The van der Waals surface area contributed by atoms with Crippen molar-refractivity contribution in [2.75, 3.05) is 20.5 Å². The van der Waals surface area contributed by atoms with Crippen molar-refractivity contribution in [3.8, 4) is 23.0 Å². The molecule has 2 aromatic rings. The van der Waals surface area contributed by atoms with Crippen molar-refractivity contribution in [1.29, 1.82) is 0 Å². The van der Waals surface area contributed by atoms with Crippen LogP contribution in [0.15, 0.2) is 36.4 Å². The van der Waals surface area contributed by atoms with Gasteiger partial charge >= 0.3 is 0 Å². The van der Waals surface area contributed by atoms with E-state index < -0.39 is 24.2 Å². The van der Waals surface area contributed by atoms with Gasteiger partial charge in [0.2, 0.25) is 6.79 Å². The molecule has 0 radical (unpaired) electrons. The van der Waals surface area contributed by atoms with Crippen LogP contribution in [0.3, 0.4) is 0 Å². The van der Waals surface area contributed by atoms with Crippen LogP contribution in [0.4, 0.5) is 0 Å². The van der Waals surface area contributed by atoms with Gasteiger partial charge in [-0.1, -0.05) is 12.1 Å². The number of benzene rings is 2. The minimum atomic E-state index is -1.00. The van der Waals surface area contributed by atoms with Crippen LogP contribution in [-0.4, -0.2) is 48.0 Å². The smallest absolute Gasteiger partial charge is 0.231 e. The average Bonchev–Trinajstić information content (AvgIpc) is 3.27. The van der Waals surface area contributed by atoms with Crippen LogP contribution in [0.2, 0.25) is 0 Å². The Bertz CT molecular complexity index is 806. The normalized spacial score (nSPS) is 25.3. The first kappa shape index (κ1) is 17.0. The van der Waals surface area contributed by atoms with E-state index in [1.54, 1.807) is 18.2 Å². The third-order valence-electron chi connectivity index (χ3n) is 4.87. The van der Waals surface area contributed by atoms with Crippen molar-refractivity contribution < 1.29 is 34.3 Å². The molecule has 4 rings (SSSR count). The molecule has 26 heavy (non-hydrogen) atoms. The molecule has 2 heterocycles. The average molecular weight is 360 g/mol. The Kier molecular flexibility index (Phi) is 4.36. The monoisotopic (exact) mass is 360 g/mol. The zero-order chi connectivity index (χ0) is 18.3. The molecular formula is C19H20O7. The highest BCUT2D eigenvalue weighted by Crippen LogP contribution is 2.43. The van der Waals surface area contributed by atoms with Crippen LogP contribution in [0, 0.1) is 0 Å². The Balaban J connectivity index is 1.64. The second-order valence-corrected chi connectivity index (χ2v) is 6.38. The maximum atomic E-state index is 10.8. The first-order valence-electron chi connectivity index (χ1n) is 8.32. The van der Waals surface area contributed by atoms with Gasteiger partial charge in [0.25, 0.3) is 0 Å². The lowest BCUT2D eigenvalue weighted by Crippen LogP contribution is -2.27. The Morgan fingerprint density at radius 1 is 1.12 bits per heavy atom. The maximum Gasteiger partial charge on any atom is 0.231 e. The number of fused-ring (bicyclic) bond motifs is 1. The van der Waals surface area contributed by atoms with Gasteiger partial charge in [0.05, 0.1) is 25.9 Å². The molecular weight excluding hydrogens is 340 g/mol. The molecule has 0 unspecified atom stereocenters. The Morgan fingerprint density at radius 3 is 2.73 bits per heavy atom. The largest absolute Gasteiger partial charge is 0.504 e. The van der Waals surface area contributed by atoms with E-state index in [2.05, 4.69) is 0 Å².